The summed E-state index contributed by atoms with van der Waals surface area (Å²) in [6.45, 7) is 1.87. The minimum absolute atomic E-state index is 0.198. The van der Waals surface area contributed by atoms with Crippen molar-refractivity contribution in [3.8, 4) is 5.75 Å². The van der Waals surface area contributed by atoms with Crippen LogP contribution in [0.4, 0.5) is 4.39 Å². The summed E-state index contributed by atoms with van der Waals surface area (Å²) < 4.78 is 23.8. The fourth-order valence-electron chi connectivity index (χ4n) is 3.12. The second-order valence-corrected chi connectivity index (χ2v) is 6.81. The Morgan fingerprint density at radius 3 is 2.96 bits per heavy atom. The second kappa shape index (κ2) is 7.33. The van der Waals surface area contributed by atoms with E-state index in [1.165, 1.54) is 24.1 Å². The molecule has 1 aliphatic heterocycles. The molecule has 1 aliphatic rings. The topological polar surface area (TPSA) is 51.4 Å². The number of halogens is 1. The standard InChI is InChI=1S/C18H18FN3O2S/c19-14-3-5-15(6-4-14)23-11-17-20-18(24-21-17)10-22-8-1-2-16(22)13-7-9-25-12-13/h3-7,9,12,16H,1-2,8,10-11H2/t16-/m1/s1. The number of hydrogen-bond donors (Lipinski definition) is 0. The third kappa shape index (κ3) is 3.88. The maximum Gasteiger partial charge on any atom is 0.240 e. The van der Waals surface area contributed by atoms with Crippen LogP contribution < -0.4 is 4.74 Å². The summed E-state index contributed by atoms with van der Waals surface area (Å²) >= 11 is 1.73. The Hall–Kier alpha value is -2.25. The van der Waals surface area contributed by atoms with Gasteiger partial charge in [0.25, 0.3) is 0 Å². The molecule has 1 atom stereocenters. The van der Waals surface area contributed by atoms with Gasteiger partial charge in [0.1, 0.15) is 11.6 Å². The first-order chi connectivity index (χ1) is 12.3. The van der Waals surface area contributed by atoms with E-state index in [9.17, 15) is 4.39 Å². The fraction of sp³-hybridized carbons (Fsp3) is 0.333. The number of likely N-dealkylation sites (tertiary alicyclic amines) is 1. The molecule has 3 aromatic rings. The number of benzene rings is 1. The minimum atomic E-state index is -0.292. The molecule has 1 aromatic carbocycles. The van der Waals surface area contributed by atoms with Crippen molar-refractivity contribution in [2.45, 2.75) is 32.0 Å². The third-order valence-electron chi connectivity index (χ3n) is 4.32. The first kappa shape index (κ1) is 16.2. The number of rotatable bonds is 6. The van der Waals surface area contributed by atoms with E-state index in [2.05, 4.69) is 31.9 Å². The molecule has 0 radical (unpaired) electrons. The van der Waals surface area contributed by atoms with E-state index in [-0.39, 0.29) is 12.4 Å². The van der Waals surface area contributed by atoms with Gasteiger partial charge in [0, 0.05) is 6.04 Å². The van der Waals surface area contributed by atoms with E-state index < -0.39 is 0 Å². The van der Waals surface area contributed by atoms with Gasteiger partial charge >= 0.3 is 0 Å². The molecule has 7 heteroatoms. The Morgan fingerprint density at radius 1 is 1.28 bits per heavy atom. The summed E-state index contributed by atoms with van der Waals surface area (Å²) in [6, 6.07) is 8.47. The van der Waals surface area contributed by atoms with Crippen LogP contribution >= 0.6 is 11.3 Å². The molecule has 0 saturated carbocycles. The molecule has 1 fully saturated rings. The number of aromatic nitrogens is 2. The molecule has 1 saturated heterocycles. The van der Waals surface area contributed by atoms with Crippen LogP contribution in [0.1, 0.15) is 36.2 Å². The lowest BCUT2D eigenvalue weighted by atomic mass is 10.1. The molecule has 0 amide bonds. The van der Waals surface area contributed by atoms with Crippen molar-refractivity contribution >= 4 is 11.3 Å². The summed E-state index contributed by atoms with van der Waals surface area (Å²) in [5.41, 5.74) is 1.36. The Morgan fingerprint density at radius 2 is 2.16 bits per heavy atom. The highest BCUT2D eigenvalue weighted by molar-refractivity contribution is 7.07. The Labute approximate surface area is 149 Å². The first-order valence-electron chi connectivity index (χ1n) is 8.24. The predicted molar refractivity (Wildman–Crippen MR) is 91.7 cm³/mol. The van der Waals surface area contributed by atoms with Crippen LogP contribution in [0.15, 0.2) is 45.6 Å². The fourth-order valence-corrected chi connectivity index (χ4v) is 3.83. The largest absolute Gasteiger partial charge is 0.485 e. The van der Waals surface area contributed by atoms with Gasteiger partial charge in [-0.2, -0.15) is 16.3 Å². The van der Waals surface area contributed by atoms with Crippen LogP contribution in [-0.4, -0.2) is 21.6 Å². The molecule has 0 aliphatic carbocycles. The molecule has 25 heavy (non-hydrogen) atoms. The normalized spacial score (nSPS) is 17.9. The van der Waals surface area contributed by atoms with Crippen LogP contribution in [-0.2, 0) is 13.2 Å². The summed E-state index contributed by atoms with van der Waals surface area (Å²) in [7, 11) is 0. The van der Waals surface area contributed by atoms with E-state index in [4.69, 9.17) is 9.26 Å². The minimum Gasteiger partial charge on any atom is -0.485 e. The zero-order valence-corrected chi connectivity index (χ0v) is 14.4. The average Bonchev–Trinajstić information content (AvgIpc) is 3.36. The van der Waals surface area contributed by atoms with E-state index in [0.717, 1.165) is 13.0 Å². The summed E-state index contributed by atoms with van der Waals surface area (Å²) in [5.74, 6) is 1.37. The third-order valence-corrected chi connectivity index (χ3v) is 5.02. The van der Waals surface area contributed by atoms with Gasteiger partial charge in [0.2, 0.25) is 11.7 Å². The van der Waals surface area contributed by atoms with E-state index in [1.54, 1.807) is 23.5 Å². The highest BCUT2D eigenvalue weighted by atomic mass is 32.1. The van der Waals surface area contributed by atoms with Gasteiger partial charge < -0.3 is 9.26 Å². The monoisotopic (exact) mass is 359 g/mol. The predicted octanol–water partition coefficient (Wildman–Crippen LogP) is 4.19. The highest BCUT2D eigenvalue weighted by Crippen LogP contribution is 2.33. The second-order valence-electron chi connectivity index (χ2n) is 6.03. The van der Waals surface area contributed by atoms with Gasteiger partial charge in [0.05, 0.1) is 6.54 Å². The van der Waals surface area contributed by atoms with E-state index in [0.29, 0.717) is 30.1 Å². The Balaban J connectivity index is 1.35. The van der Waals surface area contributed by atoms with Crippen molar-refractivity contribution in [3.63, 3.8) is 0 Å². The lowest BCUT2D eigenvalue weighted by Gasteiger charge is -2.21. The Bertz CT molecular complexity index is 804. The van der Waals surface area contributed by atoms with Crippen LogP contribution in [0.2, 0.25) is 0 Å². The maximum absolute atomic E-state index is 12.9. The smallest absolute Gasteiger partial charge is 0.240 e. The van der Waals surface area contributed by atoms with Crippen LogP contribution in [0.25, 0.3) is 0 Å². The molecule has 0 spiro atoms. The van der Waals surface area contributed by atoms with Gasteiger partial charge in [-0.05, 0) is 66.0 Å². The first-order valence-corrected chi connectivity index (χ1v) is 9.18. The van der Waals surface area contributed by atoms with Crippen molar-refractivity contribution in [2.75, 3.05) is 6.54 Å². The molecule has 3 heterocycles. The maximum atomic E-state index is 12.9. The molecular weight excluding hydrogens is 341 g/mol. The van der Waals surface area contributed by atoms with Crippen molar-refractivity contribution < 1.29 is 13.7 Å². The number of thiophene rings is 1. The SMILES string of the molecule is Fc1ccc(OCc2noc(CN3CCC[C@@H]3c3ccsc3)n2)cc1. The number of nitrogens with zero attached hydrogens (tertiary/aromatic N) is 3. The molecule has 4 rings (SSSR count). The number of hydrogen-bond acceptors (Lipinski definition) is 6. The average molecular weight is 359 g/mol. The van der Waals surface area contributed by atoms with E-state index >= 15 is 0 Å². The molecule has 2 aromatic heterocycles. The molecular formula is C18H18FN3O2S. The van der Waals surface area contributed by atoms with E-state index in [1.807, 2.05) is 0 Å². The summed E-state index contributed by atoms with van der Waals surface area (Å²) in [4.78, 5) is 6.78. The van der Waals surface area contributed by atoms with Gasteiger partial charge in [-0.25, -0.2) is 4.39 Å². The van der Waals surface area contributed by atoms with Crippen molar-refractivity contribution in [2.24, 2.45) is 0 Å². The molecule has 0 unspecified atom stereocenters. The van der Waals surface area contributed by atoms with Crippen LogP contribution in [0.5, 0.6) is 5.75 Å². The lowest BCUT2D eigenvalue weighted by molar-refractivity contribution is 0.212. The van der Waals surface area contributed by atoms with Gasteiger partial charge in [-0.1, -0.05) is 5.16 Å². The van der Waals surface area contributed by atoms with Crippen LogP contribution in [0, 0.1) is 5.82 Å². The van der Waals surface area contributed by atoms with Gasteiger partial charge in [-0.3, -0.25) is 4.90 Å². The molecule has 130 valence electrons. The molecule has 0 N–H and O–H groups in total. The Kier molecular flexibility index (Phi) is 4.76. The zero-order chi connectivity index (χ0) is 17.1. The number of ether oxygens (including phenoxy) is 1. The lowest BCUT2D eigenvalue weighted by Crippen LogP contribution is -2.22. The molecule has 5 nitrogen and oxygen atoms in total. The summed E-state index contributed by atoms with van der Waals surface area (Å²) in [6.07, 6.45) is 2.33. The van der Waals surface area contributed by atoms with Crippen LogP contribution in [0.3, 0.4) is 0 Å². The van der Waals surface area contributed by atoms with Gasteiger partial charge in [-0.15, -0.1) is 0 Å². The highest BCUT2D eigenvalue weighted by Gasteiger charge is 2.27. The molecule has 0 bridgehead atoms. The van der Waals surface area contributed by atoms with Crippen molar-refractivity contribution in [1.29, 1.82) is 0 Å². The van der Waals surface area contributed by atoms with Gasteiger partial charge in [0.15, 0.2) is 6.61 Å². The van der Waals surface area contributed by atoms with Crippen molar-refractivity contribution in [1.82, 2.24) is 15.0 Å². The zero-order valence-electron chi connectivity index (χ0n) is 13.6. The van der Waals surface area contributed by atoms with Crippen molar-refractivity contribution in [3.05, 3.63) is 64.2 Å². The summed E-state index contributed by atoms with van der Waals surface area (Å²) in [5, 5.41) is 8.29. The quantitative estimate of drug-likeness (QED) is 0.661.